The highest BCUT2D eigenvalue weighted by Crippen LogP contribution is 2.29. The Hall–Kier alpha value is -0.840. The van der Waals surface area contributed by atoms with Gasteiger partial charge in [-0.05, 0) is 31.0 Å². The van der Waals surface area contributed by atoms with Crippen molar-refractivity contribution in [2.24, 2.45) is 0 Å². The number of H-pyrrole nitrogens is 1. The van der Waals surface area contributed by atoms with Crippen LogP contribution in [0.1, 0.15) is 18.5 Å². The molecule has 0 radical (unpaired) electrons. The molecule has 3 nitrogen and oxygen atoms in total. The van der Waals surface area contributed by atoms with Crippen molar-refractivity contribution in [2.45, 2.75) is 25.4 Å². The van der Waals surface area contributed by atoms with E-state index in [9.17, 15) is 0 Å². The molecule has 0 aliphatic heterocycles. The zero-order valence-corrected chi connectivity index (χ0v) is 12.1. The molecule has 2 N–H and O–H groups in total. The third-order valence-electron chi connectivity index (χ3n) is 3.00. The second kappa shape index (κ2) is 5.03. The molecule has 1 aliphatic carbocycles. The molecule has 1 aliphatic rings. The lowest BCUT2D eigenvalue weighted by Gasteiger charge is -2.00. The number of nitrogens with zero attached hydrogens (tertiary/aromatic N) is 1. The average Bonchev–Trinajstić information content (AvgIpc) is 3.05. The summed E-state index contributed by atoms with van der Waals surface area (Å²) in [6, 6.07) is 8.57. The lowest BCUT2D eigenvalue weighted by molar-refractivity contribution is 0.672. The quantitative estimate of drug-likeness (QED) is 0.898. The lowest BCUT2D eigenvalue weighted by atomic mass is 10.1. The van der Waals surface area contributed by atoms with Gasteiger partial charge in [0.15, 0.2) is 0 Å². The summed E-state index contributed by atoms with van der Waals surface area (Å²) in [5.41, 5.74) is 2.93. The number of benzene rings is 1. The van der Waals surface area contributed by atoms with E-state index >= 15 is 0 Å². The summed E-state index contributed by atoms with van der Waals surface area (Å²) in [5.74, 6) is 0. The highest BCUT2D eigenvalue weighted by Gasteiger charge is 2.20. The fourth-order valence-corrected chi connectivity index (χ4v) is 2.60. The molecule has 1 saturated carbocycles. The second-order valence-corrected chi connectivity index (χ2v) is 5.88. The number of nitrogens with one attached hydrogen (secondary N) is 2. The van der Waals surface area contributed by atoms with Crippen LogP contribution in [0.15, 0.2) is 28.7 Å². The first kappa shape index (κ1) is 12.2. The standard InChI is InChI=1S/C13H13BrClN3/c14-8-1-4-11(12(15)5-8)13-6-10(17-18-13)7-16-9-2-3-9/h1,4-6,9,16H,2-3,7H2,(H,17,18). The van der Waals surface area contributed by atoms with Crippen LogP contribution in [0.3, 0.4) is 0 Å². The Morgan fingerprint density at radius 1 is 1.39 bits per heavy atom. The van der Waals surface area contributed by atoms with Gasteiger partial charge in [0, 0.05) is 28.3 Å². The molecule has 94 valence electrons. The van der Waals surface area contributed by atoms with E-state index < -0.39 is 0 Å². The van der Waals surface area contributed by atoms with Crippen molar-refractivity contribution in [3.63, 3.8) is 0 Å². The summed E-state index contributed by atoms with van der Waals surface area (Å²) in [4.78, 5) is 0. The molecule has 18 heavy (non-hydrogen) atoms. The second-order valence-electron chi connectivity index (χ2n) is 4.56. The number of hydrogen-bond donors (Lipinski definition) is 2. The van der Waals surface area contributed by atoms with E-state index in [0.717, 1.165) is 28.0 Å². The highest BCUT2D eigenvalue weighted by atomic mass is 79.9. The van der Waals surface area contributed by atoms with Gasteiger partial charge in [0.25, 0.3) is 0 Å². The summed E-state index contributed by atoms with van der Waals surface area (Å²) in [7, 11) is 0. The van der Waals surface area contributed by atoms with Gasteiger partial charge in [-0.2, -0.15) is 5.10 Å². The monoisotopic (exact) mass is 325 g/mol. The molecule has 1 aromatic carbocycles. The minimum absolute atomic E-state index is 0.702. The minimum atomic E-state index is 0.702. The smallest absolute Gasteiger partial charge is 0.0939 e. The Morgan fingerprint density at radius 2 is 2.22 bits per heavy atom. The Kier molecular flexibility index (Phi) is 3.41. The van der Waals surface area contributed by atoms with Crippen LogP contribution in [0.2, 0.25) is 5.02 Å². The molecule has 1 heterocycles. The molecule has 3 rings (SSSR count). The van der Waals surface area contributed by atoms with Crippen LogP contribution in [0.25, 0.3) is 11.3 Å². The van der Waals surface area contributed by atoms with Crippen LogP contribution in [0.5, 0.6) is 0 Å². The van der Waals surface area contributed by atoms with E-state index in [0.29, 0.717) is 11.1 Å². The molecular formula is C13H13BrClN3. The Bertz CT molecular complexity index is 563. The summed E-state index contributed by atoms with van der Waals surface area (Å²) in [6.07, 6.45) is 2.58. The average molecular weight is 327 g/mol. The molecular weight excluding hydrogens is 314 g/mol. The summed E-state index contributed by atoms with van der Waals surface area (Å²) in [5, 5.41) is 11.5. The van der Waals surface area contributed by atoms with Crippen LogP contribution in [0.4, 0.5) is 0 Å². The first-order valence-electron chi connectivity index (χ1n) is 5.95. The van der Waals surface area contributed by atoms with Crippen molar-refractivity contribution in [2.75, 3.05) is 0 Å². The maximum absolute atomic E-state index is 6.21. The topological polar surface area (TPSA) is 40.7 Å². The fourth-order valence-electron chi connectivity index (χ4n) is 1.83. The van der Waals surface area contributed by atoms with E-state index in [1.54, 1.807) is 0 Å². The molecule has 2 aromatic rings. The number of aromatic amines is 1. The number of hydrogen-bond acceptors (Lipinski definition) is 2. The van der Waals surface area contributed by atoms with Crippen LogP contribution >= 0.6 is 27.5 Å². The van der Waals surface area contributed by atoms with Crippen molar-refractivity contribution >= 4 is 27.5 Å². The van der Waals surface area contributed by atoms with E-state index in [2.05, 4.69) is 31.4 Å². The molecule has 1 fully saturated rings. The predicted octanol–water partition coefficient (Wildman–Crippen LogP) is 3.74. The first-order valence-corrected chi connectivity index (χ1v) is 7.12. The molecule has 0 atom stereocenters. The van der Waals surface area contributed by atoms with Gasteiger partial charge in [0.05, 0.1) is 10.7 Å². The SMILES string of the molecule is Clc1cc(Br)ccc1-c1cc(CNC2CC2)[nH]n1. The zero-order chi connectivity index (χ0) is 12.5. The maximum Gasteiger partial charge on any atom is 0.0939 e. The van der Waals surface area contributed by atoms with E-state index in [1.807, 2.05) is 24.3 Å². The van der Waals surface area contributed by atoms with Crippen LogP contribution in [-0.2, 0) is 6.54 Å². The lowest BCUT2D eigenvalue weighted by Crippen LogP contribution is -2.15. The third-order valence-corrected chi connectivity index (χ3v) is 3.80. The highest BCUT2D eigenvalue weighted by molar-refractivity contribution is 9.10. The van der Waals surface area contributed by atoms with Gasteiger partial charge in [-0.3, -0.25) is 5.10 Å². The van der Waals surface area contributed by atoms with Crippen molar-refractivity contribution in [1.29, 1.82) is 0 Å². The van der Waals surface area contributed by atoms with E-state index in [4.69, 9.17) is 11.6 Å². The van der Waals surface area contributed by atoms with Gasteiger partial charge in [0.2, 0.25) is 0 Å². The van der Waals surface area contributed by atoms with Gasteiger partial charge in [0.1, 0.15) is 0 Å². The Balaban J connectivity index is 1.78. The molecule has 0 spiro atoms. The van der Waals surface area contributed by atoms with Crippen LogP contribution in [0, 0.1) is 0 Å². The third kappa shape index (κ3) is 2.76. The number of rotatable bonds is 4. The summed E-state index contributed by atoms with van der Waals surface area (Å²) in [6.45, 7) is 0.839. The molecule has 0 saturated heterocycles. The molecule has 0 unspecified atom stereocenters. The Labute approximate surface area is 119 Å². The largest absolute Gasteiger partial charge is 0.308 e. The van der Waals surface area contributed by atoms with Crippen LogP contribution < -0.4 is 5.32 Å². The van der Waals surface area contributed by atoms with Crippen LogP contribution in [-0.4, -0.2) is 16.2 Å². The van der Waals surface area contributed by atoms with Gasteiger partial charge in [-0.15, -0.1) is 0 Å². The van der Waals surface area contributed by atoms with Crippen molar-refractivity contribution in [3.05, 3.63) is 39.5 Å². The van der Waals surface area contributed by atoms with Gasteiger partial charge >= 0.3 is 0 Å². The first-order chi connectivity index (χ1) is 8.72. The number of halogens is 2. The number of aromatic nitrogens is 2. The van der Waals surface area contributed by atoms with Crippen molar-refractivity contribution in [3.8, 4) is 11.3 Å². The Morgan fingerprint density at radius 3 is 2.94 bits per heavy atom. The maximum atomic E-state index is 6.21. The summed E-state index contributed by atoms with van der Waals surface area (Å²) < 4.78 is 0.974. The van der Waals surface area contributed by atoms with E-state index in [-0.39, 0.29) is 0 Å². The van der Waals surface area contributed by atoms with Crippen molar-refractivity contribution < 1.29 is 0 Å². The molecule has 1 aromatic heterocycles. The predicted molar refractivity (Wildman–Crippen MR) is 76.6 cm³/mol. The van der Waals surface area contributed by atoms with Crippen molar-refractivity contribution in [1.82, 2.24) is 15.5 Å². The zero-order valence-electron chi connectivity index (χ0n) is 9.71. The fraction of sp³-hybridized carbons (Fsp3) is 0.308. The van der Waals surface area contributed by atoms with Gasteiger partial charge in [-0.25, -0.2) is 0 Å². The summed E-state index contributed by atoms with van der Waals surface area (Å²) >= 11 is 9.61. The molecule has 5 heteroatoms. The minimum Gasteiger partial charge on any atom is -0.308 e. The molecule has 0 amide bonds. The molecule has 0 bridgehead atoms. The van der Waals surface area contributed by atoms with Gasteiger partial charge in [-0.1, -0.05) is 33.6 Å². The van der Waals surface area contributed by atoms with E-state index in [1.165, 1.54) is 12.8 Å². The normalized spacial score (nSPS) is 15.0. The van der Waals surface area contributed by atoms with Gasteiger partial charge < -0.3 is 5.32 Å².